The number of piperidine rings is 1. The molecule has 0 aromatic heterocycles. The Balaban J connectivity index is 2.11. The lowest BCUT2D eigenvalue weighted by Crippen LogP contribution is -2.46. The van der Waals surface area contributed by atoms with Crippen molar-refractivity contribution in [1.29, 1.82) is 0 Å². The largest absolute Gasteiger partial charge is 0.323 e. The summed E-state index contributed by atoms with van der Waals surface area (Å²) in [5.41, 5.74) is -0.521. The predicted octanol–water partition coefficient (Wildman–Crippen LogP) is 2.29. The average Bonchev–Trinajstić information content (AvgIpc) is 2.33. The van der Waals surface area contributed by atoms with E-state index in [1.807, 2.05) is 6.92 Å². The van der Waals surface area contributed by atoms with E-state index in [0.717, 1.165) is 31.5 Å². The van der Waals surface area contributed by atoms with Gasteiger partial charge in [0.05, 0.1) is 11.1 Å². The minimum atomic E-state index is -0.754. The summed E-state index contributed by atoms with van der Waals surface area (Å²) < 4.78 is 26.2. The topological polar surface area (TPSA) is 41.1 Å². The predicted molar refractivity (Wildman–Crippen MR) is 65.2 cm³/mol. The standard InChI is InChI=1S/C13H16F2N2O/c1-13(5-2-6-16-8-13)12(18)17-11-4-3-9(14)7-10(11)15/h3-4,7,16H,2,5-6,8H2,1H3,(H,17,18). The second-order valence-electron chi connectivity index (χ2n) is 4.92. The molecule has 0 aliphatic carbocycles. The average molecular weight is 254 g/mol. The fourth-order valence-electron chi connectivity index (χ4n) is 2.11. The lowest BCUT2D eigenvalue weighted by molar-refractivity contribution is -0.125. The quantitative estimate of drug-likeness (QED) is 0.850. The van der Waals surface area contributed by atoms with Gasteiger partial charge in [-0.05, 0) is 38.4 Å². The minimum absolute atomic E-state index is 0.0215. The lowest BCUT2D eigenvalue weighted by atomic mass is 9.82. The molecular weight excluding hydrogens is 238 g/mol. The summed E-state index contributed by atoms with van der Waals surface area (Å²) in [5, 5.41) is 5.68. The van der Waals surface area contributed by atoms with Crippen LogP contribution in [0.15, 0.2) is 18.2 Å². The third kappa shape index (κ3) is 2.67. The van der Waals surface area contributed by atoms with Crippen molar-refractivity contribution in [3.63, 3.8) is 0 Å². The molecular formula is C13H16F2N2O. The van der Waals surface area contributed by atoms with E-state index in [9.17, 15) is 13.6 Å². The van der Waals surface area contributed by atoms with E-state index in [1.54, 1.807) is 0 Å². The van der Waals surface area contributed by atoms with Crippen molar-refractivity contribution in [1.82, 2.24) is 5.32 Å². The smallest absolute Gasteiger partial charge is 0.231 e. The molecule has 0 bridgehead atoms. The molecule has 1 atom stereocenters. The van der Waals surface area contributed by atoms with Gasteiger partial charge in [-0.1, -0.05) is 0 Å². The molecule has 1 unspecified atom stereocenters. The van der Waals surface area contributed by atoms with E-state index >= 15 is 0 Å². The number of hydrogen-bond donors (Lipinski definition) is 2. The van der Waals surface area contributed by atoms with Crippen LogP contribution < -0.4 is 10.6 Å². The van der Waals surface area contributed by atoms with E-state index in [4.69, 9.17) is 0 Å². The van der Waals surface area contributed by atoms with Gasteiger partial charge >= 0.3 is 0 Å². The molecule has 1 aromatic carbocycles. The summed E-state index contributed by atoms with van der Waals surface area (Å²) >= 11 is 0. The monoisotopic (exact) mass is 254 g/mol. The van der Waals surface area contributed by atoms with Crippen molar-refractivity contribution >= 4 is 11.6 Å². The maximum atomic E-state index is 13.4. The third-order valence-electron chi connectivity index (χ3n) is 3.32. The SMILES string of the molecule is CC1(C(=O)Nc2ccc(F)cc2F)CCCNC1. The normalized spacial score (nSPS) is 23.7. The van der Waals surface area contributed by atoms with E-state index in [1.165, 1.54) is 6.07 Å². The number of rotatable bonds is 2. The summed E-state index contributed by atoms with van der Waals surface area (Å²) in [6.07, 6.45) is 1.67. The second kappa shape index (κ2) is 5.02. The van der Waals surface area contributed by atoms with Crippen molar-refractivity contribution in [3.8, 4) is 0 Å². The summed E-state index contributed by atoms with van der Waals surface area (Å²) in [6.45, 7) is 3.31. The Bertz CT molecular complexity index is 456. The zero-order chi connectivity index (χ0) is 13.2. The highest BCUT2D eigenvalue weighted by Gasteiger charge is 2.34. The van der Waals surface area contributed by atoms with Crippen LogP contribution in [0.3, 0.4) is 0 Å². The second-order valence-corrected chi connectivity index (χ2v) is 4.92. The first-order valence-corrected chi connectivity index (χ1v) is 5.98. The molecule has 1 aliphatic heterocycles. The first kappa shape index (κ1) is 13.0. The molecule has 5 heteroatoms. The molecule has 1 amide bonds. The molecule has 1 saturated heterocycles. The lowest BCUT2D eigenvalue weighted by Gasteiger charge is -2.32. The Labute approximate surface area is 105 Å². The molecule has 1 aromatic rings. The highest BCUT2D eigenvalue weighted by Crippen LogP contribution is 2.27. The molecule has 0 radical (unpaired) electrons. The van der Waals surface area contributed by atoms with Crippen LogP contribution in [0.2, 0.25) is 0 Å². The Morgan fingerprint density at radius 3 is 2.83 bits per heavy atom. The van der Waals surface area contributed by atoms with Gasteiger partial charge in [0.15, 0.2) is 0 Å². The van der Waals surface area contributed by atoms with Crippen LogP contribution in [0.4, 0.5) is 14.5 Å². The van der Waals surface area contributed by atoms with E-state index in [-0.39, 0.29) is 11.6 Å². The Hall–Kier alpha value is -1.49. The fourth-order valence-corrected chi connectivity index (χ4v) is 2.11. The first-order chi connectivity index (χ1) is 8.51. The highest BCUT2D eigenvalue weighted by molar-refractivity contribution is 5.95. The fraction of sp³-hybridized carbons (Fsp3) is 0.462. The molecule has 1 fully saturated rings. The summed E-state index contributed by atoms with van der Waals surface area (Å²) in [5.74, 6) is -1.65. The maximum Gasteiger partial charge on any atom is 0.231 e. The van der Waals surface area contributed by atoms with Gasteiger partial charge in [-0.2, -0.15) is 0 Å². The van der Waals surface area contributed by atoms with Crippen LogP contribution in [-0.4, -0.2) is 19.0 Å². The van der Waals surface area contributed by atoms with Crippen LogP contribution in [0.5, 0.6) is 0 Å². The van der Waals surface area contributed by atoms with Gasteiger partial charge < -0.3 is 10.6 Å². The van der Waals surface area contributed by atoms with Crippen molar-refractivity contribution < 1.29 is 13.6 Å². The van der Waals surface area contributed by atoms with Gasteiger partial charge in [0.1, 0.15) is 11.6 Å². The summed E-state index contributed by atoms with van der Waals surface area (Å²) in [4.78, 5) is 12.1. The molecule has 18 heavy (non-hydrogen) atoms. The van der Waals surface area contributed by atoms with Gasteiger partial charge in [0.25, 0.3) is 0 Å². The van der Waals surface area contributed by atoms with Crippen LogP contribution in [0, 0.1) is 17.0 Å². The van der Waals surface area contributed by atoms with Gasteiger partial charge in [-0.15, -0.1) is 0 Å². The van der Waals surface area contributed by atoms with Crippen LogP contribution in [-0.2, 0) is 4.79 Å². The molecule has 2 rings (SSSR count). The highest BCUT2D eigenvalue weighted by atomic mass is 19.1. The third-order valence-corrected chi connectivity index (χ3v) is 3.32. The zero-order valence-electron chi connectivity index (χ0n) is 10.2. The number of carbonyl (C=O) groups excluding carboxylic acids is 1. The molecule has 98 valence electrons. The molecule has 1 aliphatic rings. The zero-order valence-corrected chi connectivity index (χ0v) is 10.2. The molecule has 3 nitrogen and oxygen atoms in total. The van der Waals surface area contributed by atoms with Gasteiger partial charge in [-0.25, -0.2) is 8.78 Å². The molecule has 1 heterocycles. The Kier molecular flexibility index (Phi) is 3.61. The number of amides is 1. The number of nitrogens with one attached hydrogen (secondary N) is 2. The number of halogens is 2. The Morgan fingerprint density at radius 2 is 2.22 bits per heavy atom. The van der Waals surface area contributed by atoms with Crippen LogP contribution in [0.1, 0.15) is 19.8 Å². The number of anilines is 1. The van der Waals surface area contributed by atoms with Gasteiger partial charge in [-0.3, -0.25) is 4.79 Å². The van der Waals surface area contributed by atoms with E-state index in [2.05, 4.69) is 10.6 Å². The van der Waals surface area contributed by atoms with Crippen LogP contribution >= 0.6 is 0 Å². The number of hydrogen-bond acceptors (Lipinski definition) is 2. The van der Waals surface area contributed by atoms with Crippen molar-refractivity contribution in [2.75, 3.05) is 18.4 Å². The Morgan fingerprint density at radius 1 is 1.44 bits per heavy atom. The maximum absolute atomic E-state index is 13.4. The number of benzene rings is 1. The van der Waals surface area contributed by atoms with E-state index < -0.39 is 17.0 Å². The van der Waals surface area contributed by atoms with E-state index in [0.29, 0.717) is 6.54 Å². The van der Waals surface area contributed by atoms with Gasteiger partial charge in [0.2, 0.25) is 5.91 Å². The molecule has 0 saturated carbocycles. The van der Waals surface area contributed by atoms with Gasteiger partial charge in [0, 0.05) is 12.6 Å². The van der Waals surface area contributed by atoms with Crippen LogP contribution in [0.25, 0.3) is 0 Å². The molecule has 2 N–H and O–H groups in total. The number of carbonyl (C=O) groups is 1. The molecule has 0 spiro atoms. The summed E-state index contributed by atoms with van der Waals surface area (Å²) in [7, 11) is 0. The minimum Gasteiger partial charge on any atom is -0.323 e. The van der Waals surface area contributed by atoms with Crippen molar-refractivity contribution in [2.45, 2.75) is 19.8 Å². The van der Waals surface area contributed by atoms with Crippen molar-refractivity contribution in [2.24, 2.45) is 5.41 Å². The first-order valence-electron chi connectivity index (χ1n) is 5.98. The summed E-state index contributed by atoms with van der Waals surface area (Å²) in [6, 6.07) is 3.12. The van der Waals surface area contributed by atoms with Crippen molar-refractivity contribution in [3.05, 3.63) is 29.8 Å².